The van der Waals surface area contributed by atoms with Gasteiger partial charge < -0.3 is 11.1 Å². The summed E-state index contributed by atoms with van der Waals surface area (Å²) in [7, 11) is -0.468. The van der Waals surface area contributed by atoms with E-state index in [0.717, 1.165) is 10.4 Å². The zero-order valence-corrected chi connectivity index (χ0v) is 11.3. The van der Waals surface area contributed by atoms with Crippen LogP contribution in [0.15, 0.2) is 12.1 Å². The third kappa shape index (κ3) is 4.34. The summed E-state index contributed by atoms with van der Waals surface area (Å²) in [6.45, 7) is 0.0775. The zero-order valence-electron chi connectivity index (χ0n) is 10.5. The number of nitrogen functional groups attached to an aromatic ring is 1. The number of nitro groups is 1. The number of hydrogen-bond donors (Lipinski definition) is 2. The van der Waals surface area contributed by atoms with Crippen molar-refractivity contribution in [3.8, 4) is 0 Å². The van der Waals surface area contributed by atoms with E-state index >= 15 is 0 Å². The Morgan fingerprint density at radius 2 is 2.11 bits per heavy atom. The van der Waals surface area contributed by atoms with E-state index in [9.17, 15) is 18.5 Å². The van der Waals surface area contributed by atoms with Gasteiger partial charge in [0.15, 0.2) is 0 Å². The molecule has 19 heavy (non-hydrogen) atoms. The monoisotopic (exact) mass is 289 g/mol. The molecule has 3 N–H and O–H groups in total. The van der Waals surface area contributed by atoms with Gasteiger partial charge in [-0.15, -0.1) is 0 Å². The molecule has 0 aliphatic carbocycles. The SMILES string of the molecule is CN(C)S(=O)(=O)CCNc1cc([N+](=O)[O-])cc(N)n1. The van der Waals surface area contributed by atoms with Crippen LogP contribution < -0.4 is 11.1 Å². The van der Waals surface area contributed by atoms with E-state index in [1.54, 1.807) is 0 Å². The Kier molecular flexibility index (Phi) is 4.62. The van der Waals surface area contributed by atoms with E-state index < -0.39 is 14.9 Å². The Morgan fingerprint density at radius 3 is 2.63 bits per heavy atom. The highest BCUT2D eigenvalue weighted by molar-refractivity contribution is 7.89. The van der Waals surface area contributed by atoms with E-state index in [4.69, 9.17) is 5.73 Å². The Morgan fingerprint density at radius 1 is 1.47 bits per heavy atom. The van der Waals surface area contributed by atoms with Crippen LogP contribution in [0, 0.1) is 10.1 Å². The average Bonchev–Trinajstić information content (AvgIpc) is 2.27. The Labute approximate surface area is 110 Å². The first-order valence-electron chi connectivity index (χ1n) is 5.28. The third-order valence-corrected chi connectivity index (χ3v) is 4.10. The minimum Gasteiger partial charge on any atom is -0.383 e. The van der Waals surface area contributed by atoms with Gasteiger partial charge in [-0.05, 0) is 0 Å². The minimum absolute atomic E-state index is 0.00725. The third-order valence-electron chi connectivity index (χ3n) is 2.26. The van der Waals surface area contributed by atoms with Crippen molar-refractivity contribution in [3.63, 3.8) is 0 Å². The molecule has 0 saturated heterocycles. The molecule has 0 fully saturated rings. The fraction of sp³-hybridized carbons (Fsp3) is 0.444. The molecule has 0 unspecified atom stereocenters. The van der Waals surface area contributed by atoms with Gasteiger partial charge in [-0.1, -0.05) is 0 Å². The Balaban J connectivity index is 2.71. The van der Waals surface area contributed by atoms with Gasteiger partial charge in [0, 0.05) is 20.6 Å². The summed E-state index contributed by atoms with van der Waals surface area (Å²) >= 11 is 0. The van der Waals surface area contributed by atoms with Crippen LogP contribution in [0.25, 0.3) is 0 Å². The van der Waals surface area contributed by atoms with Gasteiger partial charge in [0.1, 0.15) is 11.6 Å². The maximum atomic E-state index is 11.5. The maximum absolute atomic E-state index is 11.5. The fourth-order valence-electron chi connectivity index (χ4n) is 1.22. The number of anilines is 2. The highest BCUT2D eigenvalue weighted by Crippen LogP contribution is 2.18. The lowest BCUT2D eigenvalue weighted by Crippen LogP contribution is -2.28. The van der Waals surface area contributed by atoms with Crippen molar-refractivity contribution >= 4 is 27.3 Å². The standard InChI is InChI=1S/C9H15N5O4S/c1-13(2)19(17,18)4-3-11-9-6-7(14(15)16)5-8(10)12-9/h5-6H,3-4H2,1-2H3,(H3,10,11,12). The molecule has 9 nitrogen and oxygen atoms in total. The summed E-state index contributed by atoms with van der Waals surface area (Å²) in [5, 5.41) is 13.3. The molecule has 0 amide bonds. The van der Waals surface area contributed by atoms with Crippen LogP contribution in [0.2, 0.25) is 0 Å². The van der Waals surface area contributed by atoms with E-state index in [1.165, 1.54) is 20.2 Å². The number of pyridine rings is 1. The smallest absolute Gasteiger partial charge is 0.276 e. The van der Waals surface area contributed by atoms with Crippen LogP contribution in [-0.4, -0.2) is 49.0 Å². The molecule has 1 heterocycles. The van der Waals surface area contributed by atoms with Gasteiger partial charge in [0.05, 0.1) is 22.8 Å². The Hall–Kier alpha value is -1.94. The quantitative estimate of drug-likeness (QED) is 0.551. The summed E-state index contributed by atoms with van der Waals surface area (Å²) in [4.78, 5) is 13.9. The lowest BCUT2D eigenvalue weighted by Gasteiger charge is -2.11. The second-order valence-electron chi connectivity index (χ2n) is 3.92. The van der Waals surface area contributed by atoms with Crippen LogP contribution in [0.1, 0.15) is 0 Å². The molecular weight excluding hydrogens is 274 g/mol. The molecule has 0 aliphatic rings. The van der Waals surface area contributed by atoms with Crippen LogP contribution in [0.3, 0.4) is 0 Å². The molecule has 10 heteroatoms. The number of sulfonamides is 1. The van der Waals surface area contributed by atoms with Gasteiger partial charge in [-0.25, -0.2) is 17.7 Å². The van der Waals surface area contributed by atoms with E-state index in [1.807, 2.05) is 0 Å². The van der Waals surface area contributed by atoms with Gasteiger partial charge in [-0.2, -0.15) is 0 Å². The summed E-state index contributed by atoms with van der Waals surface area (Å²) in [6.07, 6.45) is 0. The number of nitrogens with one attached hydrogen (secondary N) is 1. The second kappa shape index (κ2) is 5.80. The predicted molar refractivity (Wildman–Crippen MR) is 71.3 cm³/mol. The minimum atomic E-state index is -3.33. The normalized spacial score (nSPS) is 11.5. The van der Waals surface area contributed by atoms with Gasteiger partial charge in [0.25, 0.3) is 5.69 Å². The van der Waals surface area contributed by atoms with Crippen molar-refractivity contribution in [2.24, 2.45) is 0 Å². The molecule has 0 atom stereocenters. The van der Waals surface area contributed by atoms with Crippen molar-refractivity contribution in [3.05, 3.63) is 22.2 Å². The number of rotatable bonds is 6. The summed E-state index contributed by atoms with van der Waals surface area (Å²) in [5.41, 5.74) is 5.22. The number of nitrogens with two attached hydrogens (primary N) is 1. The van der Waals surface area contributed by atoms with Gasteiger partial charge in [-0.3, -0.25) is 10.1 Å². The number of hydrogen-bond acceptors (Lipinski definition) is 7. The average molecular weight is 289 g/mol. The molecule has 1 aromatic heterocycles. The summed E-state index contributed by atoms with van der Waals surface area (Å²) in [5.74, 6) is 0.0115. The first-order valence-corrected chi connectivity index (χ1v) is 6.89. The van der Waals surface area contributed by atoms with E-state index in [0.29, 0.717) is 0 Å². The van der Waals surface area contributed by atoms with E-state index in [2.05, 4.69) is 10.3 Å². The first kappa shape index (κ1) is 15.1. The molecule has 1 aromatic rings. The lowest BCUT2D eigenvalue weighted by molar-refractivity contribution is -0.384. The Bertz CT molecular complexity index is 572. The maximum Gasteiger partial charge on any atom is 0.276 e. The molecule has 0 spiro atoms. The van der Waals surface area contributed by atoms with Crippen LogP contribution >= 0.6 is 0 Å². The molecule has 0 bridgehead atoms. The van der Waals surface area contributed by atoms with Crippen molar-refractivity contribution in [1.82, 2.24) is 9.29 Å². The van der Waals surface area contributed by atoms with Crippen LogP contribution in [0.4, 0.5) is 17.3 Å². The van der Waals surface area contributed by atoms with Gasteiger partial charge >= 0.3 is 0 Å². The highest BCUT2D eigenvalue weighted by atomic mass is 32.2. The molecule has 0 aromatic carbocycles. The number of nitrogens with zero attached hydrogens (tertiary/aromatic N) is 3. The predicted octanol–water partition coefficient (Wildman–Crippen LogP) is -0.125. The van der Waals surface area contributed by atoms with Crippen LogP contribution in [0.5, 0.6) is 0 Å². The fourth-order valence-corrected chi connectivity index (χ4v) is 1.95. The molecule has 0 saturated carbocycles. The molecule has 1 rings (SSSR count). The van der Waals surface area contributed by atoms with Gasteiger partial charge in [0.2, 0.25) is 10.0 Å². The lowest BCUT2D eigenvalue weighted by atomic mass is 10.4. The summed E-state index contributed by atoms with van der Waals surface area (Å²) < 4.78 is 24.1. The largest absolute Gasteiger partial charge is 0.383 e. The van der Waals surface area contributed by atoms with Crippen LogP contribution in [-0.2, 0) is 10.0 Å². The van der Waals surface area contributed by atoms with Crippen molar-refractivity contribution in [2.45, 2.75) is 0 Å². The van der Waals surface area contributed by atoms with Crippen molar-refractivity contribution < 1.29 is 13.3 Å². The second-order valence-corrected chi connectivity index (χ2v) is 6.22. The van der Waals surface area contributed by atoms with Crippen molar-refractivity contribution in [2.75, 3.05) is 37.4 Å². The number of aromatic nitrogens is 1. The topological polar surface area (TPSA) is 131 Å². The zero-order chi connectivity index (χ0) is 14.6. The molecular formula is C9H15N5O4S. The first-order chi connectivity index (χ1) is 8.72. The molecule has 0 aliphatic heterocycles. The van der Waals surface area contributed by atoms with Crippen molar-refractivity contribution in [1.29, 1.82) is 0 Å². The molecule has 0 radical (unpaired) electrons. The highest BCUT2D eigenvalue weighted by Gasteiger charge is 2.14. The molecule has 106 valence electrons. The summed E-state index contributed by atoms with van der Waals surface area (Å²) in [6, 6.07) is 2.32. The van der Waals surface area contributed by atoms with E-state index in [-0.39, 0.29) is 29.6 Å².